The third-order valence-electron chi connectivity index (χ3n) is 4.17. The number of benzene rings is 1. The number of esters is 1. The number of carbonyl (C=O) groups is 1. The van der Waals surface area contributed by atoms with Gasteiger partial charge in [-0.25, -0.2) is 13.2 Å². The Hall–Kier alpha value is -1.15. The summed E-state index contributed by atoms with van der Waals surface area (Å²) in [5, 5.41) is 3.22. The average molecular weight is 363 g/mol. The van der Waals surface area contributed by atoms with Gasteiger partial charge in [0.1, 0.15) is 0 Å². The Morgan fingerprint density at radius 1 is 1.30 bits per heavy atom. The van der Waals surface area contributed by atoms with Crippen molar-refractivity contribution in [2.75, 3.05) is 27.2 Å². The molecule has 0 radical (unpaired) electrons. The largest absolute Gasteiger partial charge is 0.465 e. The summed E-state index contributed by atoms with van der Waals surface area (Å²) in [5.41, 5.74) is 0.706. The van der Waals surface area contributed by atoms with E-state index in [1.165, 1.54) is 17.5 Å². The Morgan fingerprint density at radius 3 is 2.48 bits per heavy atom. The predicted molar refractivity (Wildman–Crippen MR) is 90.6 cm³/mol. The second kappa shape index (κ2) is 8.10. The number of hydrogen-bond acceptors (Lipinski definition) is 5. The zero-order chi connectivity index (χ0) is 16.3. The third kappa shape index (κ3) is 4.03. The van der Waals surface area contributed by atoms with Gasteiger partial charge in [0.2, 0.25) is 10.0 Å². The first-order valence-electron chi connectivity index (χ1n) is 7.26. The van der Waals surface area contributed by atoms with Crippen LogP contribution in [0, 0.1) is 6.92 Å². The number of methoxy groups -OCH3 is 1. The highest BCUT2D eigenvalue weighted by molar-refractivity contribution is 7.89. The molecule has 23 heavy (non-hydrogen) atoms. The number of nitrogens with zero attached hydrogens (tertiary/aromatic N) is 1. The Balaban J connectivity index is 0.00000264. The second-order valence-electron chi connectivity index (χ2n) is 5.42. The number of ether oxygens (including phenoxy) is 1. The normalized spacial score (nSPS) is 16.0. The summed E-state index contributed by atoms with van der Waals surface area (Å²) in [7, 11) is -0.747. The Labute approximate surface area is 143 Å². The molecule has 1 aliphatic heterocycles. The fraction of sp³-hybridized carbons (Fsp3) is 0.533. The van der Waals surface area contributed by atoms with E-state index < -0.39 is 16.0 Å². The van der Waals surface area contributed by atoms with Crippen LogP contribution in [-0.4, -0.2) is 52.0 Å². The fourth-order valence-electron chi connectivity index (χ4n) is 2.75. The molecular weight excluding hydrogens is 340 g/mol. The van der Waals surface area contributed by atoms with Crippen molar-refractivity contribution in [3.05, 3.63) is 29.3 Å². The first-order valence-corrected chi connectivity index (χ1v) is 8.70. The zero-order valence-corrected chi connectivity index (χ0v) is 15.2. The van der Waals surface area contributed by atoms with E-state index >= 15 is 0 Å². The summed E-state index contributed by atoms with van der Waals surface area (Å²) < 4.78 is 31.9. The van der Waals surface area contributed by atoms with Crippen LogP contribution in [0.4, 0.5) is 0 Å². The van der Waals surface area contributed by atoms with Crippen LogP contribution in [0.15, 0.2) is 23.1 Å². The number of carbonyl (C=O) groups excluding carboxylic acids is 1. The van der Waals surface area contributed by atoms with Gasteiger partial charge < -0.3 is 10.1 Å². The Morgan fingerprint density at radius 2 is 1.91 bits per heavy atom. The highest BCUT2D eigenvalue weighted by atomic mass is 35.5. The van der Waals surface area contributed by atoms with E-state index in [2.05, 4.69) is 5.32 Å². The van der Waals surface area contributed by atoms with Crippen molar-refractivity contribution in [2.24, 2.45) is 0 Å². The standard InChI is InChI=1S/C15H22N2O4S.ClH/c1-11-13(15(18)21-3)5-4-6-14(11)22(19,20)17(2)12-7-9-16-10-8-12;/h4-6,12,16H,7-10H2,1-3H3;1H. The molecule has 0 atom stereocenters. The lowest BCUT2D eigenvalue weighted by Crippen LogP contribution is -2.44. The molecule has 1 aromatic carbocycles. The molecule has 1 aromatic rings. The first kappa shape index (κ1) is 19.9. The molecule has 0 spiro atoms. The van der Waals surface area contributed by atoms with Gasteiger partial charge in [-0.1, -0.05) is 6.07 Å². The van der Waals surface area contributed by atoms with E-state index in [1.54, 1.807) is 26.1 Å². The molecule has 2 rings (SSSR count). The maximum Gasteiger partial charge on any atom is 0.338 e. The number of halogens is 1. The Kier molecular flexibility index (Phi) is 7.01. The first-order chi connectivity index (χ1) is 10.4. The van der Waals surface area contributed by atoms with E-state index in [1.807, 2.05) is 0 Å². The molecule has 0 aromatic heterocycles. The van der Waals surface area contributed by atoms with Crippen molar-refractivity contribution in [3.63, 3.8) is 0 Å². The highest BCUT2D eigenvalue weighted by Crippen LogP contribution is 2.25. The topological polar surface area (TPSA) is 75.7 Å². The second-order valence-corrected chi connectivity index (χ2v) is 7.39. The minimum atomic E-state index is -3.64. The van der Waals surface area contributed by atoms with Crippen LogP contribution in [0.25, 0.3) is 0 Å². The summed E-state index contributed by atoms with van der Waals surface area (Å²) in [6.07, 6.45) is 1.57. The smallest absolute Gasteiger partial charge is 0.338 e. The van der Waals surface area contributed by atoms with Crippen molar-refractivity contribution in [2.45, 2.75) is 30.7 Å². The lowest BCUT2D eigenvalue weighted by atomic mass is 10.1. The minimum absolute atomic E-state index is 0. The van der Waals surface area contributed by atoms with E-state index in [9.17, 15) is 13.2 Å². The average Bonchev–Trinajstić information content (AvgIpc) is 2.54. The molecule has 130 valence electrons. The molecule has 0 aliphatic carbocycles. The lowest BCUT2D eigenvalue weighted by molar-refractivity contribution is 0.0599. The lowest BCUT2D eigenvalue weighted by Gasteiger charge is -2.31. The fourth-order valence-corrected chi connectivity index (χ4v) is 4.41. The molecule has 8 heteroatoms. The van der Waals surface area contributed by atoms with Crippen LogP contribution in [0.3, 0.4) is 0 Å². The maximum absolute atomic E-state index is 12.9. The summed E-state index contributed by atoms with van der Waals surface area (Å²) >= 11 is 0. The molecule has 1 heterocycles. The molecular formula is C15H23ClN2O4S. The summed E-state index contributed by atoms with van der Waals surface area (Å²) in [6.45, 7) is 3.26. The van der Waals surface area contributed by atoms with Crippen LogP contribution in [0.2, 0.25) is 0 Å². The number of sulfonamides is 1. The summed E-state index contributed by atoms with van der Waals surface area (Å²) in [4.78, 5) is 11.9. The van der Waals surface area contributed by atoms with E-state index in [-0.39, 0.29) is 28.9 Å². The van der Waals surface area contributed by atoms with Gasteiger partial charge in [0.15, 0.2) is 0 Å². The molecule has 1 N–H and O–H groups in total. The van der Waals surface area contributed by atoms with Crippen LogP contribution < -0.4 is 5.32 Å². The summed E-state index contributed by atoms with van der Waals surface area (Å²) in [6, 6.07) is 4.66. The molecule has 1 aliphatic rings. The van der Waals surface area contributed by atoms with Crippen molar-refractivity contribution in [1.29, 1.82) is 0 Å². The SMILES string of the molecule is COC(=O)c1cccc(S(=O)(=O)N(C)C2CCNCC2)c1C.Cl. The van der Waals surface area contributed by atoms with Gasteiger partial charge in [-0.3, -0.25) is 0 Å². The molecule has 1 fully saturated rings. The van der Waals surface area contributed by atoms with E-state index in [0.29, 0.717) is 5.56 Å². The summed E-state index contributed by atoms with van der Waals surface area (Å²) in [5.74, 6) is -0.529. The van der Waals surface area contributed by atoms with Crippen LogP contribution in [0.1, 0.15) is 28.8 Å². The molecule has 1 saturated heterocycles. The minimum Gasteiger partial charge on any atom is -0.465 e. The van der Waals surface area contributed by atoms with E-state index in [0.717, 1.165) is 25.9 Å². The molecule has 0 saturated carbocycles. The monoisotopic (exact) mass is 362 g/mol. The predicted octanol–water partition coefficient (Wildman–Crippen LogP) is 1.58. The number of piperidine rings is 1. The van der Waals surface area contributed by atoms with Gasteiger partial charge in [-0.15, -0.1) is 12.4 Å². The van der Waals surface area contributed by atoms with Gasteiger partial charge in [0.05, 0.1) is 17.6 Å². The van der Waals surface area contributed by atoms with Crippen LogP contribution >= 0.6 is 12.4 Å². The van der Waals surface area contributed by atoms with Crippen LogP contribution in [-0.2, 0) is 14.8 Å². The highest BCUT2D eigenvalue weighted by Gasteiger charge is 2.31. The van der Waals surface area contributed by atoms with Gasteiger partial charge in [0, 0.05) is 13.1 Å². The quantitative estimate of drug-likeness (QED) is 0.823. The van der Waals surface area contributed by atoms with Crippen LogP contribution in [0.5, 0.6) is 0 Å². The van der Waals surface area contributed by atoms with Gasteiger partial charge in [-0.2, -0.15) is 4.31 Å². The Bertz CT molecular complexity index is 657. The maximum atomic E-state index is 12.9. The van der Waals surface area contributed by atoms with E-state index in [4.69, 9.17) is 4.74 Å². The van der Waals surface area contributed by atoms with Gasteiger partial charge in [0.25, 0.3) is 0 Å². The molecule has 6 nitrogen and oxygen atoms in total. The molecule has 0 bridgehead atoms. The zero-order valence-electron chi connectivity index (χ0n) is 13.5. The van der Waals surface area contributed by atoms with Crippen molar-refractivity contribution in [1.82, 2.24) is 9.62 Å². The van der Waals surface area contributed by atoms with Crippen molar-refractivity contribution in [3.8, 4) is 0 Å². The van der Waals surface area contributed by atoms with Gasteiger partial charge in [-0.05, 0) is 50.6 Å². The molecule has 0 amide bonds. The number of rotatable bonds is 4. The number of hydrogen-bond donors (Lipinski definition) is 1. The molecule has 0 unspecified atom stereocenters. The number of nitrogens with one attached hydrogen (secondary N) is 1. The third-order valence-corrected chi connectivity index (χ3v) is 6.22. The van der Waals surface area contributed by atoms with Crippen molar-refractivity contribution >= 4 is 28.4 Å². The van der Waals surface area contributed by atoms with Gasteiger partial charge >= 0.3 is 5.97 Å². The van der Waals surface area contributed by atoms with Crippen molar-refractivity contribution < 1.29 is 17.9 Å².